The van der Waals surface area contributed by atoms with Crippen molar-refractivity contribution in [2.45, 2.75) is 6.92 Å². The Morgan fingerprint density at radius 1 is 1.00 bits per heavy atom. The van der Waals surface area contributed by atoms with Crippen LogP contribution in [0.3, 0.4) is 0 Å². The molecule has 0 radical (unpaired) electrons. The Labute approximate surface area is 158 Å². The zero-order valence-electron chi connectivity index (χ0n) is 14.7. The second-order valence-electron chi connectivity index (χ2n) is 6.29. The quantitative estimate of drug-likeness (QED) is 0.829. The average Bonchev–Trinajstić information content (AvgIpc) is 2.66. The third kappa shape index (κ3) is 4.55. The number of rotatable bonds is 4. The number of hydrogen-bond donors (Lipinski definition) is 0. The van der Waals surface area contributed by atoms with Crippen LogP contribution in [0, 0.1) is 6.92 Å². The van der Waals surface area contributed by atoms with E-state index in [2.05, 4.69) is 0 Å². The van der Waals surface area contributed by atoms with Crippen LogP contribution < -0.4 is 4.74 Å². The lowest BCUT2D eigenvalue weighted by Crippen LogP contribution is -2.51. The first-order chi connectivity index (χ1) is 12.5. The van der Waals surface area contributed by atoms with Crippen molar-refractivity contribution in [1.29, 1.82) is 0 Å². The maximum absolute atomic E-state index is 12.5. The minimum atomic E-state index is -0.0647. The minimum absolute atomic E-state index is 0.00852. The molecular weight excluding hydrogens is 352 g/mol. The summed E-state index contributed by atoms with van der Waals surface area (Å²) < 4.78 is 5.57. The summed E-state index contributed by atoms with van der Waals surface area (Å²) in [5.74, 6) is 0.588. The molecule has 2 aromatic rings. The summed E-state index contributed by atoms with van der Waals surface area (Å²) in [6.07, 6.45) is 0. The highest BCUT2D eigenvalue weighted by Crippen LogP contribution is 2.14. The second kappa shape index (κ2) is 8.23. The number of hydrogen-bond acceptors (Lipinski definition) is 3. The number of ether oxygens (including phenoxy) is 1. The lowest BCUT2D eigenvalue weighted by Gasteiger charge is -2.34. The van der Waals surface area contributed by atoms with Crippen LogP contribution >= 0.6 is 11.6 Å². The first kappa shape index (κ1) is 18.3. The number of benzene rings is 2. The van der Waals surface area contributed by atoms with Gasteiger partial charge in [-0.3, -0.25) is 9.59 Å². The molecule has 0 unspecified atom stereocenters. The van der Waals surface area contributed by atoms with Crippen LogP contribution in [0.15, 0.2) is 48.5 Å². The normalized spacial score (nSPS) is 14.2. The van der Waals surface area contributed by atoms with E-state index >= 15 is 0 Å². The predicted molar refractivity (Wildman–Crippen MR) is 101 cm³/mol. The van der Waals surface area contributed by atoms with Gasteiger partial charge in [-0.1, -0.05) is 23.7 Å². The third-order valence-corrected chi connectivity index (χ3v) is 4.61. The van der Waals surface area contributed by atoms with Crippen LogP contribution in [0.4, 0.5) is 0 Å². The highest BCUT2D eigenvalue weighted by atomic mass is 35.5. The van der Waals surface area contributed by atoms with Crippen molar-refractivity contribution in [3.05, 3.63) is 64.7 Å². The van der Waals surface area contributed by atoms with Crippen LogP contribution in [0.1, 0.15) is 15.9 Å². The third-order valence-electron chi connectivity index (χ3n) is 4.36. The molecule has 2 amide bonds. The molecule has 6 heteroatoms. The molecule has 0 atom stereocenters. The fourth-order valence-corrected chi connectivity index (χ4v) is 3.00. The highest BCUT2D eigenvalue weighted by Gasteiger charge is 2.25. The van der Waals surface area contributed by atoms with E-state index in [1.54, 1.807) is 34.1 Å². The van der Waals surface area contributed by atoms with E-state index < -0.39 is 0 Å². The fraction of sp³-hybridized carbons (Fsp3) is 0.300. The van der Waals surface area contributed by atoms with Crippen molar-refractivity contribution in [3.63, 3.8) is 0 Å². The Morgan fingerprint density at radius 3 is 2.31 bits per heavy atom. The van der Waals surface area contributed by atoms with Crippen LogP contribution in [0.2, 0.25) is 5.02 Å². The van der Waals surface area contributed by atoms with Crippen molar-refractivity contribution in [2.24, 2.45) is 0 Å². The molecule has 0 N–H and O–H groups in total. The molecule has 1 fully saturated rings. The summed E-state index contributed by atoms with van der Waals surface area (Å²) in [5, 5.41) is 0.602. The second-order valence-corrected chi connectivity index (χ2v) is 6.72. The minimum Gasteiger partial charge on any atom is -0.484 e. The summed E-state index contributed by atoms with van der Waals surface area (Å²) in [4.78, 5) is 28.3. The molecular formula is C20H21ClN2O3. The van der Waals surface area contributed by atoms with Gasteiger partial charge in [0.1, 0.15) is 5.75 Å². The van der Waals surface area contributed by atoms with Gasteiger partial charge in [0.2, 0.25) is 0 Å². The van der Waals surface area contributed by atoms with Crippen molar-refractivity contribution in [1.82, 2.24) is 9.80 Å². The van der Waals surface area contributed by atoms with E-state index in [1.165, 1.54) is 0 Å². The number of nitrogens with zero attached hydrogens (tertiary/aromatic N) is 2. The molecule has 1 aliphatic rings. The molecule has 0 aromatic heterocycles. The molecule has 136 valence electrons. The summed E-state index contributed by atoms with van der Waals surface area (Å²) in [6.45, 7) is 4.03. The van der Waals surface area contributed by atoms with Crippen LogP contribution in [-0.2, 0) is 4.79 Å². The predicted octanol–water partition coefficient (Wildman–Crippen LogP) is 3.01. The van der Waals surface area contributed by atoms with E-state index in [9.17, 15) is 9.59 Å². The first-order valence-electron chi connectivity index (χ1n) is 8.55. The largest absolute Gasteiger partial charge is 0.484 e. The number of carbonyl (C=O) groups is 2. The highest BCUT2D eigenvalue weighted by molar-refractivity contribution is 6.30. The first-order valence-corrected chi connectivity index (χ1v) is 8.93. The molecule has 5 nitrogen and oxygen atoms in total. The van der Waals surface area contributed by atoms with Gasteiger partial charge >= 0.3 is 0 Å². The van der Waals surface area contributed by atoms with Gasteiger partial charge in [-0.2, -0.15) is 0 Å². The standard InChI is InChI=1S/C20H21ClN2O3/c1-15-3-2-4-18(13-15)26-14-19(24)22-9-11-23(12-10-22)20(25)16-5-7-17(21)8-6-16/h2-8,13H,9-12,14H2,1H3. The fourth-order valence-electron chi connectivity index (χ4n) is 2.88. The topological polar surface area (TPSA) is 49.9 Å². The van der Waals surface area contributed by atoms with Gasteiger partial charge in [-0.15, -0.1) is 0 Å². The Bertz CT molecular complexity index is 784. The van der Waals surface area contributed by atoms with E-state index in [-0.39, 0.29) is 18.4 Å². The number of piperazine rings is 1. The molecule has 0 aliphatic carbocycles. The Kier molecular flexibility index (Phi) is 5.78. The number of aryl methyl sites for hydroxylation is 1. The van der Waals surface area contributed by atoms with Gasteiger partial charge in [-0.25, -0.2) is 0 Å². The molecule has 0 saturated carbocycles. The molecule has 0 spiro atoms. The number of halogens is 1. The molecule has 0 bridgehead atoms. The van der Waals surface area contributed by atoms with Crippen LogP contribution in [0.25, 0.3) is 0 Å². The lowest BCUT2D eigenvalue weighted by atomic mass is 10.2. The van der Waals surface area contributed by atoms with E-state index in [0.717, 1.165) is 5.56 Å². The van der Waals surface area contributed by atoms with Crippen molar-refractivity contribution >= 4 is 23.4 Å². The Hall–Kier alpha value is -2.53. The van der Waals surface area contributed by atoms with Crippen LogP contribution in [0.5, 0.6) is 5.75 Å². The van der Waals surface area contributed by atoms with E-state index in [0.29, 0.717) is 42.5 Å². The monoisotopic (exact) mass is 372 g/mol. The van der Waals surface area contributed by atoms with Crippen molar-refractivity contribution in [2.75, 3.05) is 32.8 Å². The summed E-state index contributed by atoms with van der Waals surface area (Å²) in [5.41, 5.74) is 1.70. The molecule has 3 rings (SSSR count). The number of carbonyl (C=O) groups excluding carboxylic acids is 2. The van der Waals surface area contributed by atoms with Gasteiger partial charge in [0.05, 0.1) is 0 Å². The van der Waals surface area contributed by atoms with E-state index in [1.807, 2.05) is 31.2 Å². The molecule has 1 aliphatic heterocycles. The Balaban J connectivity index is 1.49. The van der Waals surface area contributed by atoms with Gasteiger partial charge in [0.25, 0.3) is 11.8 Å². The van der Waals surface area contributed by atoms with Crippen molar-refractivity contribution < 1.29 is 14.3 Å². The molecule has 1 saturated heterocycles. The summed E-state index contributed by atoms with van der Waals surface area (Å²) in [6, 6.07) is 14.5. The zero-order valence-corrected chi connectivity index (χ0v) is 15.4. The lowest BCUT2D eigenvalue weighted by molar-refractivity contribution is -0.134. The summed E-state index contributed by atoms with van der Waals surface area (Å²) in [7, 11) is 0. The van der Waals surface area contributed by atoms with Crippen molar-refractivity contribution in [3.8, 4) is 5.75 Å². The average molecular weight is 373 g/mol. The number of amides is 2. The van der Waals surface area contributed by atoms with Gasteiger partial charge in [-0.05, 0) is 48.9 Å². The maximum atomic E-state index is 12.5. The van der Waals surface area contributed by atoms with Gasteiger partial charge in [0.15, 0.2) is 6.61 Å². The van der Waals surface area contributed by atoms with Gasteiger partial charge < -0.3 is 14.5 Å². The molecule has 1 heterocycles. The zero-order chi connectivity index (χ0) is 18.5. The van der Waals surface area contributed by atoms with E-state index in [4.69, 9.17) is 16.3 Å². The molecule has 26 heavy (non-hydrogen) atoms. The van der Waals surface area contributed by atoms with Crippen LogP contribution in [-0.4, -0.2) is 54.4 Å². The smallest absolute Gasteiger partial charge is 0.260 e. The summed E-state index contributed by atoms with van der Waals surface area (Å²) >= 11 is 5.86. The van der Waals surface area contributed by atoms with Gasteiger partial charge in [0, 0.05) is 36.8 Å². The Morgan fingerprint density at radius 2 is 1.65 bits per heavy atom. The SMILES string of the molecule is Cc1cccc(OCC(=O)N2CCN(C(=O)c3ccc(Cl)cc3)CC2)c1. The maximum Gasteiger partial charge on any atom is 0.260 e. The molecule has 2 aromatic carbocycles.